The van der Waals surface area contributed by atoms with Crippen molar-refractivity contribution in [3.8, 4) is 5.75 Å². The van der Waals surface area contributed by atoms with Crippen LogP contribution in [0, 0.1) is 5.92 Å². The van der Waals surface area contributed by atoms with Gasteiger partial charge in [0.1, 0.15) is 5.75 Å². The fourth-order valence-corrected chi connectivity index (χ4v) is 2.44. The lowest BCUT2D eigenvalue weighted by Gasteiger charge is -2.27. The topological polar surface area (TPSA) is 53.4 Å². The molecule has 1 fully saturated rings. The molecular formula is C13H18N2O2. The van der Waals surface area contributed by atoms with Gasteiger partial charge in [0.25, 0.3) is 5.91 Å². The molecule has 1 atom stereocenters. The quantitative estimate of drug-likeness (QED) is 0.852. The summed E-state index contributed by atoms with van der Waals surface area (Å²) in [5, 5.41) is 9.66. The van der Waals surface area contributed by atoms with Crippen LogP contribution in [0.4, 0.5) is 0 Å². The summed E-state index contributed by atoms with van der Waals surface area (Å²) in [6.45, 7) is 5.00. The number of carbonyl (C=O) groups is 1. The van der Waals surface area contributed by atoms with E-state index in [2.05, 4.69) is 18.8 Å². The lowest BCUT2D eigenvalue weighted by molar-refractivity contribution is 0.0692. The maximum Gasteiger partial charge on any atom is 0.276 e. The number of pyridine rings is 1. The van der Waals surface area contributed by atoms with Crippen LogP contribution < -0.4 is 0 Å². The van der Waals surface area contributed by atoms with Crippen molar-refractivity contribution < 1.29 is 9.90 Å². The number of aromatic hydroxyl groups is 1. The Kier molecular flexibility index (Phi) is 3.31. The zero-order chi connectivity index (χ0) is 12.4. The molecule has 1 N–H and O–H groups in total. The largest absolute Gasteiger partial charge is 0.505 e. The van der Waals surface area contributed by atoms with Gasteiger partial charge in [0.15, 0.2) is 5.69 Å². The summed E-state index contributed by atoms with van der Waals surface area (Å²) in [5.74, 6) is 0.249. The van der Waals surface area contributed by atoms with E-state index in [1.54, 1.807) is 6.07 Å². The molecule has 1 aromatic heterocycles. The van der Waals surface area contributed by atoms with Gasteiger partial charge in [-0.3, -0.25) is 4.79 Å². The number of amides is 1. The van der Waals surface area contributed by atoms with E-state index in [1.165, 1.54) is 12.3 Å². The molecule has 2 heterocycles. The third-order valence-corrected chi connectivity index (χ3v) is 3.32. The second-order valence-electron chi connectivity index (χ2n) is 4.82. The third-order valence-electron chi connectivity index (χ3n) is 3.32. The van der Waals surface area contributed by atoms with Crippen LogP contribution in [0.15, 0.2) is 18.3 Å². The van der Waals surface area contributed by atoms with Gasteiger partial charge >= 0.3 is 0 Å². The Bertz CT molecular complexity index is 418. The van der Waals surface area contributed by atoms with E-state index in [4.69, 9.17) is 0 Å². The maximum absolute atomic E-state index is 12.3. The third kappa shape index (κ3) is 2.25. The minimum absolute atomic E-state index is 0.0353. The number of hydrogen-bond donors (Lipinski definition) is 1. The zero-order valence-corrected chi connectivity index (χ0v) is 10.3. The van der Waals surface area contributed by atoms with E-state index in [1.807, 2.05) is 4.90 Å². The Balaban J connectivity index is 2.23. The highest BCUT2D eigenvalue weighted by molar-refractivity contribution is 5.95. The van der Waals surface area contributed by atoms with Crippen LogP contribution in [0.25, 0.3) is 0 Å². The highest BCUT2D eigenvalue weighted by atomic mass is 16.3. The zero-order valence-electron chi connectivity index (χ0n) is 10.3. The van der Waals surface area contributed by atoms with E-state index < -0.39 is 0 Å². The van der Waals surface area contributed by atoms with Gasteiger partial charge in [-0.25, -0.2) is 4.98 Å². The summed E-state index contributed by atoms with van der Waals surface area (Å²) in [5.41, 5.74) is 0.167. The molecule has 4 heteroatoms. The summed E-state index contributed by atoms with van der Waals surface area (Å²) in [6, 6.07) is 3.39. The SMILES string of the molecule is CC(C)C1CCCN1C(=O)c1ncccc1O. The molecule has 1 aliphatic heterocycles. The number of likely N-dealkylation sites (tertiary alicyclic amines) is 1. The molecule has 0 aromatic carbocycles. The van der Waals surface area contributed by atoms with Crippen LogP contribution in [-0.4, -0.2) is 33.5 Å². The summed E-state index contributed by atoms with van der Waals surface area (Å²) in [7, 11) is 0. The summed E-state index contributed by atoms with van der Waals surface area (Å²) in [4.78, 5) is 18.1. The van der Waals surface area contributed by atoms with Crippen molar-refractivity contribution in [2.24, 2.45) is 5.92 Å². The van der Waals surface area contributed by atoms with E-state index in [0.717, 1.165) is 19.4 Å². The first-order valence-corrected chi connectivity index (χ1v) is 6.06. The van der Waals surface area contributed by atoms with Gasteiger partial charge in [0, 0.05) is 18.8 Å². The standard InChI is InChI=1S/C13H18N2O2/c1-9(2)10-5-4-8-15(10)13(17)12-11(16)6-3-7-14-12/h3,6-7,9-10,16H,4-5,8H2,1-2H3. The van der Waals surface area contributed by atoms with Crippen LogP contribution in [0.3, 0.4) is 0 Å². The van der Waals surface area contributed by atoms with Crippen molar-refractivity contribution >= 4 is 5.91 Å². The molecule has 1 aliphatic rings. The van der Waals surface area contributed by atoms with Gasteiger partial charge in [0.2, 0.25) is 0 Å². The van der Waals surface area contributed by atoms with Crippen LogP contribution in [-0.2, 0) is 0 Å². The number of rotatable bonds is 2. The molecular weight excluding hydrogens is 216 g/mol. The Morgan fingerprint density at radius 1 is 1.59 bits per heavy atom. The van der Waals surface area contributed by atoms with Crippen LogP contribution >= 0.6 is 0 Å². The molecule has 92 valence electrons. The monoisotopic (exact) mass is 234 g/mol. The van der Waals surface area contributed by atoms with Gasteiger partial charge < -0.3 is 10.0 Å². The average Bonchev–Trinajstić information content (AvgIpc) is 2.77. The fourth-order valence-electron chi connectivity index (χ4n) is 2.44. The van der Waals surface area contributed by atoms with E-state index >= 15 is 0 Å². The van der Waals surface area contributed by atoms with Gasteiger partial charge in [-0.2, -0.15) is 0 Å². The summed E-state index contributed by atoms with van der Waals surface area (Å²) < 4.78 is 0. The van der Waals surface area contributed by atoms with E-state index in [9.17, 15) is 9.90 Å². The van der Waals surface area contributed by atoms with Gasteiger partial charge in [-0.05, 0) is 30.9 Å². The molecule has 1 unspecified atom stereocenters. The van der Waals surface area contributed by atoms with Crippen molar-refractivity contribution in [2.45, 2.75) is 32.7 Å². The lowest BCUT2D eigenvalue weighted by atomic mass is 10.0. The molecule has 0 spiro atoms. The summed E-state index contributed by atoms with van der Waals surface area (Å²) >= 11 is 0. The second kappa shape index (κ2) is 4.73. The maximum atomic E-state index is 12.3. The molecule has 0 aliphatic carbocycles. The Morgan fingerprint density at radius 2 is 2.35 bits per heavy atom. The van der Waals surface area contributed by atoms with Gasteiger partial charge in [0.05, 0.1) is 0 Å². The number of nitrogens with zero attached hydrogens (tertiary/aromatic N) is 2. The summed E-state index contributed by atoms with van der Waals surface area (Å²) in [6.07, 6.45) is 3.60. The molecule has 2 rings (SSSR count). The molecule has 1 amide bonds. The second-order valence-corrected chi connectivity index (χ2v) is 4.82. The van der Waals surface area contributed by atoms with Crippen molar-refractivity contribution in [1.82, 2.24) is 9.88 Å². The lowest BCUT2D eigenvalue weighted by Crippen LogP contribution is -2.38. The number of carbonyl (C=O) groups excluding carboxylic acids is 1. The van der Waals surface area contributed by atoms with Crippen molar-refractivity contribution in [3.05, 3.63) is 24.0 Å². The average molecular weight is 234 g/mol. The Hall–Kier alpha value is -1.58. The van der Waals surface area contributed by atoms with Crippen LogP contribution in [0.1, 0.15) is 37.2 Å². The highest BCUT2D eigenvalue weighted by Gasteiger charge is 2.32. The Morgan fingerprint density at radius 3 is 3.00 bits per heavy atom. The number of hydrogen-bond acceptors (Lipinski definition) is 3. The van der Waals surface area contributed by atoms with Gasteiger partial charge in [-0.15, -0.1) is 0 Å². The number of aromatic nitrogens is 1. The van der Waals surface area contributed by atoms with Crippen LogP contribution in [0.2, 0.25) is 0 Å². The molecule has 17 heavy (non-hydrogen) atoms. The molecule has 0 radical (unpaired) electrons. The predicted molar refractivity (Wildman–Crippen MR) is 64.8 cm³/mol. The van der Waals surface area contributed by atoms with Crippen molar-refractivity contribution in [2.75, 3.05) is 6.54 Å². The smallest absolute Gasteiger partial charge is 0.276 e. The molecule has 0 bridgehead atoms. The van der Waals surface area contributed by atoms with E-state index in [-0.39, 0.29) is 23.4 Å². The van der Waals surface area contributed by atoms with Crippen molar-refractivity contribution in [1.29, 1.82) is 0 Å². The molecule has 1 aromatic rings. The van der Waals surface area contributed by atoms with Gasteiger partial charge in [-0.1, -0.05) is 13.8 Å². The van der Waals surface area contributed by atoms with E-state index in [0.29, 0.717) is 5.92 Å². The van der Waals surface area contributed by atoms with Crippen LogP contribution in [0.5, 0.6) is 5.75 Å². The normalized spacial score (nSPS) is 19.9. The molecule has 0 saturated carbocycles. The van der Waals surface area contributed by atoms with Crippen molar-refractivity contribution in [3.63, 3.8) is 0 Å². The first-order chi connectivity index (χ1) is 8.11. The Labute approximate surface area is 101 Å². The molecule has 4 nitrogen and oxygen atoms in total. The first-order valence-electron chi connectivity index (χ1n) is 6.06. The minimum Gasteiger partial charge on any atom is -0.505 e. The minimum atomic E-state index is -0.153. The molecule has 1 saturated heterocycles. The highest BCUT2D eigenvalue weighted by Crippen LogP contribution is 2.26. The fraction of sp³-hybridized carbons (Fsp3) is 0.538. The predicted octanol–water partition coefficient (Wildman–Crippen LogP) is 2.05. The first kappa shape index (κ1) is 11.9.